The second-order valence-corrected chi connectivity index (χ2v) is 5.28. The molecule has 1 aromatic rings. The second kappa shape index (κ2) is 7.38. The van der Waals surface area contributed by atoms with Gasteiger partial charge in [0, 0.05) is 29.4 Å². The fraction of sp³-hybridized carbons (Fsp3) is 0.462. The highest BCUT2D eigenvalue weighted by atomic mass is 79.9. The van der Waals surface area contributed by atoms with Gasteiger partial charge in [-0.1, -0.05) is 35.8 Å². The van der Waals surface area contributed by atoms with Crippen LogP contribution < -0.4 is 10.6 Å². The number of halogens is 1. The third-order valence-corrected chi connectivity index (χ3v) is 3.07. The number of rotatable bonds is 5. The topological polar surface area (TPSA) is 50.4 Å². The van der Waals surface area contributed by atoms with E-state index in [1.54, 1.807) is 7.11 Å². The molecule has 5 heteroatoms. The zero-order chi connectivity index (χ0) is 13.5. The van der Waals surface area contributed by atoms with E-state index in [1.807, 2.05) is 18.2 Å². The summed E-state index contributed by atoms with van der Waals surface area (Å²) < 4.78 is 6.05. The van der Waals surface area contributed by atoms with Crippen LogP contribution in [-0.2, 0) is 11.3 Å². The first-order chi connectivity index (χ1) is 8.54. The van der Waals surface area contributed by atoms with Crippen LogP contribution in [0.25, 0.3) is 0 Å². The minimum atomic E-state index is -0.195. The molecule has 1 rings (SSSR count). The van der Waals surface area contributed by atoms with E-state index < -0.39 is 0 Å². The van der Waals surface area contributed by atoms with Gasteiger partial charge in [0.15, 0.2) is 0 Å². The number of carbonyl (C=O) groups excluding carboxylic acids is 1. The van der Waals surface area contributed by atoms with Crippen molar-refractivity contribution in [2.24, 2.45) is 5.92 Å². The molecule has 0 radical (unpaired) electrons. The van der Waals surface area contributed by atoms with Gasteiger partial charge >= 0.3 is 6.03 Å². The van der Waals surface area contributed by atoms with Crippen LogP contribution in [0.15, 0.2) is 22.7 Å². The first-order valence-corrected chi connectivity index (χ1v) is 6.65. The van der Waals surface area contributed by atoms with E-state index >= 15 is 0 Å². The zero-order valence-corrected chi connectivity index (χ0v) is 12.5. The number of amides is 2. The fourth-order valence-electron chi connectivity index (χ4n) is 1.43. The van der Waals surface area contributed by atoms with Crippen LogP contribution in [0, 0.1) is 5.92 Å². The van der Waals surface area contributed by atoms with Gasteiger partial charge in [-0.3, -0.25) is 0 Å². The average molecular weight is 315 g/mol. The predicted molar refractivity (Wildman–Crippen MR) is 76.7 cm³/mol. The molecular formula is C13H19BrN2O2. The Balaban J connectivity index is 2.71. The molecule has 0 aliphatic heterocycles. The molecule has 2 N–H and O–H groups in total. The molecule has 0 spiro atoms. The molecule has 0 aromatic heterocycles. The summed E-state index contributed by atoms with van der Waals surface area (Å²) in [6.07, 6.45) is 0. The minimum Gasteiger partial charge on any atom is -0.380 e. The van der Waals surface area contributed by atoms with Gasteiger partial charge in [-0.2, -0.15) is 0 Å². The molecule has 0 aliphatic carbocycles. The molecule has 0 saturated heterocycles. The van der Waals surface area contributed by atoms with E-state index in [2.05, 4.69) is 40.4 Å². The molecule has 0 heterocycles. The molecule has 0 unspecified atom stereocenters. The zero-order valence-electron chi connectivity index (χ0n) is 10.9. The van der Waals surface area contributed by atoms with Gasteiger partial charge in [-0.15, -0.1) is 0 Å². The van der Waals surface area contributed by atoms with Gasteiger partial charge in [-0.25, -0.2) is 4.79 Å². The monoisotopic (exact) mass is 314 g/mol. The molecule has 0 bridgehead atoms. The van der Waals surface area contributed by atoms with E-state index in [9.17, 15) is 4.79 Å². The molecular weight excluding hydrogens is 296 g/mol. The summed E-state index contributed by atoms with van der Waals surface area (Å²) in [6.45, 7) is 5.20. The maximum absolute atomic E-state index is 11.7. The van der Waals surface area contributed by atoms with Gasteiger partial charge in [-0.05, 0) is 18.1 Å². The molecule has 100 valence electrons. The molecule has 0 atom stereocenters. The highest BCUT2D eigenvalue weighted by Gasteiger charge is 2.09. The summed E-state index contributed by atoms with van der Waals surface area (Å²) in [5.74, 6) is 0.428. The first-order valence-electron chi connectivity index (χ1n) is 5.85. The van der Waals surface area contributed by atoms with E-state index in [0.717, 1.165) is 15.7 Å². The van der Waals surface area contributed by atoms with Crippen molar-refractivity contribution in [3.8, 4) is 0 Å². The van der Waals surface area contributed by atoms with Crippen molar-refractivity contribution in [1.82, 2.24) is 5.32 Å². The third-order valence-electron chi connectivity index (χ3n) is 2.33. The van der Waals surface area contributed by atoms with Crippen LogP contribution in [0.1, 0.15) is 19.4 Å². The minimum absolute atomic E-state index is 0.195. The molecule has 1 aromatic carbocycles. The second-order valence-electron chi connectivity index (χ2n) is 4.43. The Labute approximate surface area is 116 Å². The molecule has 4 nitrogen and oxygen atoms in total. The third kappa shape index (κ3) is 4.66. The van der Waals surface area contributed by atoms with Crippen LogP contribution in [-0.4, -0.2) is 19.7 Å². The van der Waals surface area contributed by atoms with Crippen molar-refractivity contribution in [1.29, 1.82) is 0 Å². The van der Waals surface area contributed by atoms with Crippen molar-refractivity contribution in [3.05, 3.63) is 28.2 Å². The number of methoxy groups -OCH3 is 1. The molecule has 2 amide bonds. The number of hydrogen-bond donors (Lipinski definition) is 2. The summed E-state index contributed by atoms with van der Waals surface area (Å²) in [5.41, 5.74) is 1.69. The van der Waals surface area contributed by atoms with Crippen LogP contribution in [0.5, 0.6) is 0 Å². The number of hydrogen-bond acceptors (Lipinski definition) is 2. The Kier molecular flexibility index (Phi) is 6.15. The number of urea groups is 1. The smallest absolute Gasteiger partial charge is 0.319 e. The highest BCUT2D eigenvalue weighted by Crippen LogP contribution is 2.25. The van der Waals surface area contributed by atoms with Crippen LogP contribution in [0.2, 0.25) is 0 Å². The lowest BCUT2D eigenvalue weighted by atomic mass is 10.2. The summed E-state index contributed by atoms with van der Waals surface area (Å²) in [5, 5.41) is 5.64. The van der Waals surface area contributed by atoms with Gasteiger partial charge < -0.3 is 15.4 Å². The summed E-state index contributed by atoms with van der Waals surface area (Å²) in [6, 6.07) is 5.46. The quantitative estimate of drug-likeness (QED) is 0.875. The lowest BCUT2D eigenvalue weighted by Gasteiger charge is -2.13. The van der Waals surface area contributed by atoms with Gasteiger partial charge in [0.2, 0.25) is 0 Å². The Morgan fingerprint density at radius 2 is 2.17 bits per heavy atom. The largest absolute Gasteiger partial charge is 0.380 e. The van der Waals surface area contributed by atoms with Crippen molar-refractivity contribution in [3.63, 3.8) is 0 Å². The van der Waals surface area contributed by atoms with Crippen molar-refractivity contribution in [2.45, 2.75) is 20.5 Å². The maximum atomic E-state index is 11.7. The number of nitrogens with one attached hydrogen (secondary N) is 2. The lowest BCUT2D eigenvalue weighted by molar-refractivity contribution is 0.185. The Morgan fingerprint density at radius 3 is 2.78 bits per heavy atom. The van der Waals surface area contributed by atoms with Crippen molar-refractivity contribution in [2.75, 3.05) is 19.0 Å². The Morgan fingerprint density at radius 1 is 1.44 bits per heavy atom. The van der Waals surface area contributed by atoms with Gasteiger partial charge in [0.1, 0.15) is 0 Å². The normalized spacial score (nSPS) is 10.5. The lowest BCUT2D eigenvalue weighted by Crippen LogP contribution is -2.32. The molecule has 0 saturated carbocycles. The van der Waals surface area contributed by atoms with E-state index in [-0.39, 0.29) is 6.03 Å². The van der Waals surface area contributed by atoms with Crippen LogP contribution in [0.3, 0.4) is 0 Å². The standard InChI is InChI=1S/C13H19BrN2O2/c1-9(2)7-15-13(17)16-12-6-4-5-11(14)10(12)8-18-3/h4-6,9H,7-8H2,1-3H3,(H2,15,16,17). The number of anilines is 1. The molecule has 0 aliphatic rings. The highest BCUT2D eigenvalue weighted by molar-refractivity contribution is 9.10. The van der Waals surface area contributed by atoms with E-state index in [1.165, 1.54) is 0 Å². The number of benzene rings is 1. The molecule has 18 heavy (non-hydrogen) atoms. The maximum Gasteiger partial charge on any atom is 0.319 e. The number of ether oxygens (including phenoxy) is 1. The average Bonchev–Trinajstić information content (AvgIpc) is 2.31. The van der Waals surface area contributed by atoms with Crippen LogP contribution in [0.4, 0.5) is 10.5 Å². The molecule has 0 fully saturated rings. The van der Waals surface area contributed by atoms with Crippen molar-refractivity contribution >= 4 is 27.6 Å². The Bertz CT molecular complexity index is 408. The SMILES string of the molecule is COCc1c(Br)cccc1NC(=O)NCC(C)C. The van der Waals surface area contributed by atoms with Crippen LogP contribution >= 0.6 is 15.9 Å². The summed E-state index contributed by atoms with van der Waals surface area (Å²) >= 11 is 3.45. The van der Waals surface area contributed by atoms with E-state index in [4.69, 9.17) is 4.74 Å². The Hall–Kier alpha value is -1.07. The summed E-state index contributed by atoms with van der Waals surface area (Å²) in [4.78, 5) is 11.7. The van der Waals surface area contributed by atoms with Gasteiger partial charge in [0.25, 0.3) is 0 Å². The van der Waals surface area contributed by atoms with Gasteiger partial charge in [0.05, 0.1) is 6.61 Å². The summed E-state index contributed by atoms with van der Waals surface area (Å²) in [7, 11) is 1.63. The fourth-order valence-corrected chi connectivity index (χ4v) is 1.91. The van der Waals surface area contributed by atoms with Crippen molar-refractivity contribution < 1.29 is 9.53 Å². The van der Waals surface area contributed by atoms with E-state index in [0.29, 0.717) is 19.1 Å². The predicted octanol–water partition coefficient (Wildman–Crippen LogP) is 3.37. The number of carbonyl (C=O) groups is 1. The first kappa shape index (κ1) is 15.0.